The molecule has 2 bridgehead atoms. The predicted octanol–water partition coefficient (Wildman–Crippen LogP) is -1.28. The van der Waals surface area contributed by atoms with E-state index in [2.05, 4.69) is 88.4 Å². The van der Waals surface area contributed by atoms with Crippen molar-refractivity contribution >= 4 is 146 Å². The van der Waals surface area contributed by atoms with Gasteiger partial charge in [-0.2, -0.15) is 0 Å². The Balaban J connectivity index is 0.897. The fourth-order valence-electron chi connectivity index (χ4n) is 18.6. The minimum atomic E-state index is -2.06. The van der Waals surface area contributed by atoms with Gasteiger partial charge in [0.15, 0.2) is 5.96 Å². The first-order valence-corrected chi connectivity index (χ1v) is 47.4. The molecule has 0 radical (unpaired) electrons. The van der Waals surface area contributed by atoms with Crippen LogP contribution < -0.4 is 80.6 Å². The molecule has 17 amide bonds. The van der Waals surface area contributed by atoms with Gasteiger partial charge in [0.25, 0.3) is 5.91 Å². The number of benzene rings is 3. The Bertz CT molecular complexity index is 5650. The molecule has 4 aromatic heterocycles. The van der Waals surface area contributed by atoms with Crippen molar-refractivity contribution in [2.75, 3.05) is 63.7 Å². The highest BCUT2D eigenvalue weighted by atomic mass is 32.2. The third-order valence-corrected chi connectivity index (χ3v) is 27.2. The first-order valence-electron chi connectivity index (χ1n) is 46.3. The fraction of sp³-hybridized carbons (Fsp3) is 0.505. The fourth-order valence-corrected chi connectivity index (χ4v) is 19.4. The maximum atomic E-state index is 16.0. The highest BCUT2D eigenvalue weighted by Gasteiger charge is 2.67. The lowest BCUT2D eigenvalue weighted by atomic mass is 9.95. The topological polar surface area (TPSA) is 630 Å². The Kier molecular flexibility index (Phi) is 33.7. The number of likely N-dealkylation sites (N-methyl/N-ethyl adjacent to an activating group) is 3. The van der Waals surface area contributed by atoms with Gasteiger partial charge in [0.1, 0.15) is 77.5 Å². The minimum Gasteiger partial charge on any atom is -0.370 e. The number of nitrogens with one attached hydrogen (secondary N) is 16. The molecule has 5 aliphatic rings. The molecular formula is C93H124N26O17S. The highest BCUT2D eigenvalue weighted by molar-refractivity contribution is 8.00. The minimum absolute atomic E-state index is 0.00995. The molecule has 2 aliphatic carbocycles. The Labute approximate surface area is 794 Å². The number of para-hydroxylation sites is 3. The van der Waals surface area contributed by atoms with Crippen LogP contribution in [0.15, 0.2) is 110 Å². The third-order valence-electron chi connectivity index (χ3n) is 26.2. The van der Waals surface area contributed by atoms with Crippen LogP contribution >= 0.6 is 11.8 Å². The van der Waals surface area contributed by atoms with Crippen molar-refractivity contribution in [2.45, 2.75) is 221 Å². The molecule has 2 spiro atoms. The average Bonchev–Trinajstić information content (AvgIpc) is 1.56. The maximum Gasteiger partial charge on any atom is 0.250 e. The van der Waals surface area contributed by atoms with Crippen LogP contribution in [-0.2, 0) is 114 Å². The third kappa shape index (κ3) is 24.5. The molecular weight excluding hydrogens is 1790 g/mol. The number of unbranched alkanes of at least 4 members (excludes halogenated alkanes) is 2. The summed E-state index contributed by atoms with van der Waals surface area (Å²) in [5, 5.41) is 39.6. The predicted molar refractivity (Wildman–Crippen MR) is 504 cm³/mol. The molecule has 7 heterocycles. The van der Waals surface area contributed by atoms with Crippen molar-refractivity contribution in [1.29, 1.82) is 5.41 Å². The van der Waals surface area contributed by atoms with E-state index >= 15 is 62.3 Å². The van der Waals surface area contributed by atoms with Crippen molar-refractivity contribution in [3.05, 3.63) is 138 Å². The van der Waals surface area contributed by atoms with Crippen LogP contribution in [0.4, 0.5) is 5.69 Å². The SMILES string of the molecule is CCCC[C@H]1C(=O)N(C)[C@@H](CCCC)C(=O)N[C@@H](CCCNC(=N)N)C(=O)N[C@H](C(=O)NCC(N)=O)CSCC(=O)N[C@H]2Cc3ccccc3N(C2=O)[C@@H](C)C(=O)NC2(C[C@@H]2C(N)=O)C(=O)N2CCC[C@H]2C(=O)N[C@@H](Cc2cnc[nH]2)C(=O)NC2(C[C@@H]2C(C)C)C(=O)N(C)CC(=O)N[C@@H](Cc2c[nH]c3ccccc23)C(=O)N[C@@H](Cc2cnc[nH]2)C(=O)N[C@@H](Cc2c[nH]c3ccccc23)C(=O)N1C. The molecule has 43 nitrogen and oxygen atoms in total. The van der Waals surface area contributed by atoms with Crippen LogP contribution in [0.2, 0.25) is 0 Å². The number of fused-ring (bicyclic) bond motifs is 7. The Morgan fingerprint density at radius 3 is 1.72 bits per heavy atom. The smallest absolute Gasteiger partial charge is 0.250 e. The highest BCUT2D eigenvalue weighted by Crippen LogP contribution is 2.50. The Morgan fingerprint density at radius 2 is 1.13 bits per heavy atom. The summed E-state index contributed by atoms with van der Waals surface area (Å²) in [7, 11) is 4.13. The number of guanidine groups is 1. The number of nitrogens with zero attached hydrogens (tertiary/aromatic N) is 7. The summed E-state index contributed by atoms with van der Waals surface area (Å²) < 4.78 is 0. The lowest BCUT2D eigenvalue weighted by Gasteiger charge is -2.38. The van der Waals surface area contributed by atoms with Gasteiger partial charge in [0, 0.05) is 136 Å². The van der Waals surface area contributed by atoms with Gasteiger partial charge in [0.2, 0.25) is 94.5 Å². The zero-order chi connectivity index (χ0) is 98.9. The Hall–Kier alpha value is -14.2. The van der Waals surface area contributed by atoms with Gasteiger partial charge in [0.05, 0.1) is 37.4 Å². The summed E-state index contributed by atoms with van der Waals surface area (Å²) in [5.41, 5.74) is 17.3. The number of hydrogen-bond donors (Lipinski definition) is 19. The maximum absolute atomic E-state index is 16.0. The summed E-state index contributed by atoms with van der Waals surface area (Å²) in [5.74, 6) is -18.0. The number of imidazole rings is 2. The lowest BCUT2D eigenvalue weighted by molar-refractivity contribution is -0.149. The summed E-state index contributed by atoms with van der Waals surface area (Å²) in [6, 6.07) is 4.87. The molecule has 734 valence electrons. The van der Waals surface area contributed by atoms with E-state index in [1.165, 1.54) is 67.8 Å². The van der Waals surface area contributed by atoms with Crippen LogP contribution in [0.25, 0.3) is 21.8 Å². The average molecular weight is 1910 g/mol. The van der Waals surface area contributed by atoms with E-state index < -0.39 is 220 Å². The molecule has 7 aromatic rings. The van der Waals surface area contributed by atoms with E-state index in [1.54, 1.807) is 54.9 Å². The largest absolute Gasteiger partial charge is 0.370 e. The second-order valence-electron chi connectivity index (χ2n) is 36.3. The first kappa shape index (κ1) is 102. The van der Waals surface area contributed by atoms with E-state index in [0.717, 1.165) is 21.6 Å². The first-order chi connectivity index (χ1) is 65.5. The number of thioether (sulfide) groups is 1. The molecule has 15 atom stereocenters. The summed E-state index contributed by atoms with van der Waals surface area (Å²) in [4.78, 5) is 280. The van der Waals surface area contributed by atoms with E-state index in [1.807, 2.05) is 58.0 Å². The molecule has 2 saturated heterocycles. The van der Waals surface area contributed by atoms with Gasteiger partial charge < -0.3 is 115 Å². The van der Waals surface area contributed by atoms with E-state index in [4.69, 9.17) is 22.6 Å². The van der Waals surface area contributed by atoms with Crippen molar-refractivity contribution in [2.24, 2.45) is 35.0 Å². The molecule has 2 saturated carbocycles. The van der Waals surface area contributed by atoms with E-state index in [-0.39, 0.29) is 108 Å². The molecule has 12 rings (SSSR count). The number of aromatic amines is 4. The number of hydrogen-bond acceptors (Lipinski definition) is 21. The summed E-state index contributed by atoms with van der Waals surface area (Å²) >= 11 is 0.815. The van der Waals surface area contributed by atoms with Crippen molar-refractivity contribution in [1.82, 2.24) is 108 Å². The van der Waals surface area contributed by atoms with Crippen LogP contribution in [-0.4, -0.2) is 292 Å². The Morgan fingerprint density at radius 1 is 0.569 bits per heavy atom. The number of aromatic nitrogens is 6. The van der Waals surface area contributed by atoms with Gasteiger partial charge >= 0.3 is 0 Å². The van der Waals surface area contributed by atoms with Crippen LogP contribution in [0, 0.1) is 23.2 Å². The zero-order valence-electron chi connectivity index (χ0n) is 77.9. The number of carbonyl (C=O) groups excluding carboxylic acids is 17. The number of rotatable bonds is 23. The van der Waals surface area contributed by atoms with E-state index in [0.29, 0.717) is 75.6 Å². The molecule has 3 aliphatic heterocycles. The lowest BCUT2D eigenvalue weighted by Crippen LogP contribution is -2.63. The van der Waals surface area contributed by atoms with Gasteiger partial charge in [-0.15, -0.1) is 11.8 Å². The molecule has 3 aromatic carbocycles. The zero-order valence-corrected chi connectivity index (χ0v) is 78.8. The van der Waals surface area contributed by atoms with Gasteiger partial charge in [-0.25, -0.2) is 9.97 Å². The molecule has 2 unspecified atom stereocenters. The standard InChI is InChI=1S/C93H124N26O17S/c1-9-11-27-71-84(130)108-63(26-19-31-100-91(96)97)80(126)112-69(79(125)103-44-74(94)120)46-137-47-76(122)107-68-33-52-21-13-18-29-70(52)119(87(68)133)51(5)78(124)113-93(39-60(93)77(95)123)90(136)118-32-20-30-72(118)85(131)110-66(37-56-43-99-49-105-56)83(129)114-92(38-59(92)50(3)4)89(135)115(6)45-75(121)106-64(34-53-40-101-61-24-16-14-22-57(53)61)81(127)109-65(36-55-42-98-48-104-55)82(128)111-67(35-54-41-102-62-25-17-15-23-58(54)62)86(132)117(8)73(28-12-10-2)88(134)116(71)7/h13-18,21-25,29,40-43,48-51,59-60,63-69,71-73,101-102H,9-12,19-20,26-28,30-39,44-47H2,1-8H3,(H2,94,120)(H2,95,123)(H,98,104)(H,99,105)(H,103,125)(H,106,121)(H,107,122)(H,108,130)(H,109,127)(H,110,131)(H,111,128)(H,112,126)(H,113,124)(H,114,129)(H4,96,97,100)/t51-,59+,60+,63-,64-,65-,66-,67-,68-,69-,71-,72-,73-,92?,93?/m0/s1. The number of carbonyl (C=O) groups is 17. The van der Waals surface area contributed by atoms with Crippen molar-refractivity contribution in [3.8, 4) is 0 Å². The van der Waals surface area contributed by atoms with Crippen molar-refractivity contribution < 1.29 is 81.5 Å². The molecule has 4 fully saturated rings. The number of primary amides is 2. The summed E-state index contributed by atoms with van der Waals surface area (Å²) in [6.07, 6.45) is 9.55. The van der Waals surface area contributed by atoms with Crippen LogP contribution in [0.3, 0.4) is 0 Å². The number of H-pyrrole nitrogens is 4. The van der Waals surface area contributed by atoms with Crippen LogP contribution in [0.5, 0.6) is 0 Å². The number of nitrogens with two attached hydrogens (primary N) is 3. The molecule has 137 heavy (non-hydrogen) atoms. The normalized spacial score (nSPS) is 26.1. The van der Waals surface area contributed by atoms with Crippen LogP contribution in [0.1, 0.15) is 140 Å². The number of anilines is 1. The second-order valence-corrected chi connectivity index (χ2v) is 37.3. The number of amides is 17. The second kappa shape index (κ2) is 45.4. The quantitative estimate of drug-likeness (QED) is 0.0202. The van der Waals surface area contributed by atoms with Gasteiger partial charge in [-0.05, 0) is 105 Å². The monoisotopic (exact) mass is 1910 g/mol. The molecule has 44 heteroatoms. The van der Waals surface area contributed by atoms with E-state index in [9.17, 15) is 19.2 Å². The van der Waals surface area contributed by atoms with Gasteiger partial charge in [-0.1, -0.05) is 108 Å². The molecule has 22 N–H and O–H groups in total. The van der Waals surface area contributed by atoms with Crippen molar-refractivity contribution in [3.63, 3.8) is 0 Å². The summed E-state index contributed by atoms with van der Waals surface area (Å²) in [6.45, 7) is 7.32. The van der Waals surface area contributed by atoms with Gasteiger partial charge in [-0.3, -0.25) is 91.8 Å².